The highest BCUT2D eigenvalue weighted by Gasteiger charge is 2.28. The summed E-state index contributed by atoms with van der Waals surface area (Å²) in [6, 6.07) is 7.29. The molecule has 0 aromatic heterocycles. The van der Waals surface area contributed by atoms with Crippen molar-refractivity contribution < 1.29 is 9.53 Å². The normalized spacial score (nSPS) is 11.2. The lowest BCUT2D eigenvalue weighted by atomic mass is 9.84. The van der Waals surface area contributed by atoms with Crippen LogP contribution in [0.15, 0.2) is 24.3 Å². The molecule has 0 unspecified atom stereocenters. The van der Waals surface area contributed by atoms with Crippen molar-refractivity contribution in [3.05, 3.63) is 29.8 Å². The van der Waals surface area contributed by atoms with Crippen LogP contribution in [0.3, 0.4) is 0 Å². The number of ketones is 1. The van der Waals surface area contributed by atoms with Gasteiger partial charge in [0.15, 0.2) is 5.78 Å². The van der Waals surface area contributed by atoms with Crippen molar-refractivity contribution in [2.45, 2.75) is 20.8 Å². The number of carbonyl (C=O) groups is 1. The van der Waals surface area contributed by atoms with Crippen LogP contribution in [0.4, 0.5) is 0 Å². The number of para-hydroxylation sites is 1. The van der Waals surface area contributed by atoms with Crippen LogP contribution in [0.5, 0.6) is 5.75 Å². The Morgan fingerprint density at radius 2 is 2.00 bits per heavy atom. The van der Waals surface area contributed by atoms with Gasteiger partial charge in [0, 0.05) is 12.0 Å². The molecule has 0 fully saturated rings. The Labute approximate surface area is 96.6 Å². The first kappa shape index (κ1) is 12.7. The van der Waals surface area contributed by atoms with Gasteiger partial charge in [0.05, 0.1) is 12.2 Å². The second-order valence-corrected chi connectivity index (χ2v) is 4.35. The molecule has 0 saturated heterocycles. The van der Waals surface area contributed by atoms with E-state index in [0.717, 1.165) is 0 Å². The SMILES string of the molecule is CCOc1ccccc1C(=O)C(C)(C)CN. The average molecular weight is 221 g/mol. The van der Waals surface area contributed by atoms with Gasteiger partial charge in [0.2, 0.25) is 0 Å². The maximum Gasteiger partial charge on any atom is 0.173 e. The molecule has 0 aliphatic rings. The third-order valence-electron chi connectivity index (χ3n) is 2.56. The number of rotatable bonds is 5. The minimum Gasteiger partial charge on any atom is -0.493 e. The lowest BCUT2D eigenvalue weighted by molar-refractivity contribution is 0.0843. The number of carbonyl (C=O) groups excluding carboxylic acids is 1. The van der Waals surface area contributed by atoms with E-state index in [2.05, 4.69) is 0 Å². The fraction of sp³-hybridized carbons (Fsp3) is 0.462. The summed E-state index contributed by atoms with van der Waals surface area (Å²) in [5.74, 6) is 0.663. The van der Waals surface area contributed by atoms with Gasteiger partial charge in [-0.3, -0.25) is 4.79 Å². The molecule has 1 aromatic rings. The van der Waals surface area contributed by atoms with Gasteiger partial charge in [0.25, 0.3) is 0 Å². The molecule has 0 saturated carbocycles. The summed E-state index contributed by atoms with van der Waals surface area (Å²) in [5, 5.41) is 0. The molecule has 1 rings (SSSR count). The zero-order valence-corrected chi connectivity index (χ0v) is 10.1. The van der Waals surface area contributed by atoms with Gasteiger partial charge < -0.3 is 10.5 Å². The van der Waals surface area contributed by atoms with Crippen molar-refractivity contribution in [3.8, 4) is 5.75 Å². The third-order valence-corrected chi connectivity index (χ3v) is 2.56. The quantitative estimate of drug-likeness (QED) is 0.776. The number of hydrogen-bond donors (Lipinski definition) is 1. The maximum absolute atomic E-state index is 12.2. The number of ether oxygens (including phenoxy) is 1. The number of hydrogen-bond acceptors (Lipinski definition) is 3. The summed E-state index contributed by atoms with van der Waals surface area (Å²) in [5.41, 5.74) is 5.67. The number of benzene rings is 1. The smallest absolute Gasteiger partial charge is 0.173 e. The predicted octanol–water partition coefficient (Wildman–Crippen LogP) is 2.25. The van der Waals surface area contributed by atoms with Crippen LogP contribution < -0.4 is 10.5 Å². The predicted molar refractivity (Wildman–Crippen MR) is 64.8 cm³/mol. The van der Waals surface area contributed by atoms with Gasteiger partial charge in [-0.05, 0) is 19.1 Å². The molecule has 0 aliphatic carbocycles. The summed E-state index contributed by atoms with van der Waals surface area (Å²) in [6.45, 7) is 6.46. The van der Waals surface area contributed by atoms with E-state index in [0.29, 0.717) is 24.5 Å². The van der Waals surface area contributed by atoms with Crippen molar-refractivity contribution >= 4 is 5.78 Å². The molecule has 0 atom stereocenters. The van der Waals surface area contributed by atoms with Crippen LogP contribution in [0.25, 0.3) is 0 Å². The molecule has 0 spiro atoms. The lowest BCUT2D eigenvalue weighted by Gasteiger charge is -2.22. The molecule has 1 aromatic carbocycles. The number of nitrogens with two attached hydrogens (primary N) is 1. The first-order valence-corrected chi connectivity index (χ1v) is 5.49. The Kier molecular flexibility index (Phi) is 4.07. The molecule has 88 valence electrons. The largest absolute Gasteiger partial charge is 0.493 e. The van der Waals surface area contributed by atoms with Crippen molar-refractivity contribution in [3.63, 3.8) is 0 Å². The van der Waals surface area contributed by atoms with Gasteiger partial charge in [-0.15, -0.1) is 0 Å². The molecule has 0 bridgehead atoms. The van der Waals surface area contributed by atoms with Gasteiger partial charge in [-0.2, -0.15) is 0 Å². The van der Waals surface area contributed by atoms with Crippen LogP contribution in [0.2, 0.25) is 0 Å². The van der Waals surface area contributed by atoms with Crippen molar-refractivity contribution in [2.75, 3.05) is 13.2 Å². The maximum atomic E-state index is 12.2. The first-order chi connectivity index (χ1) is 7.53. The molecule has 0 heterocycles. The lowest BCUT2D eigenvalue weighted by Crippen LogP contribution is -2.33. The highest BCUT2D eigenvalue weighted by atomic mass is 16.5. The zero-order valence-electron chi connectivity index (χ0n) is 10.1. The fourth-order valence-corrected chi connectivity index (χ4v) is 1.39. The van der Waals surface area contributed by atoms with Gasteiger partial charge in [-0.25, -0.2) is 0 Å². The fourth-order valence-electron chi connectivity index (χ4n) is 1.39. The molecule has 3 heteroatoms. The third kappa shape index (κ3) is 2.61. The zero-order chi connectivity index (χ0) is 12.2. The van der Waals surface area contributed by atoms with Crippen molar-refractivity contribution in [1.29, 1.82) is 0 Å². The van der Waals surface area contributed by atoms with Gasteiger partial charge in [0.1, 0.15) is 5.75 Å². The van der Waals surface area contributed by atoms with E-state index >= 15 is 0 Å². The molecule has 3 nitrogen and oxygen atoms in total. The first-order valence-electron chi connectivity index (χ1n) is 5.49. The monoisotopic (exact) mass is 221 g/mol. The molecule has 0 amide bonds. The number of Topliss-reactive ketones (excluding diaryl/α,β-unsaturated/α-hetero) is 1. The standard InChI is InChI=1S/C13H19NO2/c1-4-16-11-8-6-5-7-10(11)12(15)13(2,3)9-14/h5-8H,4,9,14H2,1-3H3. The van der Waals surface area contributed by atoms with E-state index < -0.39 is 5.41 Å². The Balaban J connectivity index is 3.08. The van der Waals surface area contributed by atoms with Crippen LogP contribution in [0.1, 0.15) is 31.1 Å². The van der Waals surface area contributed by atoms with E-state index in [1.807, 2.05) is 39.0 Å². The summed E-state index contributed by atoms with van der Waals surface area (Å²) in [6.07, 6.45) is 0. The summed E-state index contributed by atoms with van der Waals surface area (Å²) < 4.78 is 5.44. The average Bonchev–Trinajstić information content (AvgIpc) is 2.29. The van der Waals surface area contributed by atoms with E-state index in [1.54, 1.807) is 6.07 Å². The second-order valence-electron chi connectivity index (χ2n) is 4.35. The molecular formula is C13H19NO2. The van der Waals surface area contributed by atoms with Crippen LogP contribution in [-0.2, 0) is 0 Å². The van der Waals surface area contributed by atoms with Crippen LogP contribution in [-0.4, -0.2) is 18.9 Å². The summed E-state index contributed by atoms with van der Waals surface area (Å²) in [4.78, 5) is 12.2. The molecule has 0 aliphatic heterocycles. The highest BCUT2D eigenvalue weighted by Crippen LogP contribution is 2.27. The molecular weight excluding hydrogens is 202 g/mol. The van der Waals surface area contributed by atoms with E-state index in [4.69, 9.17) is 10.5 Å². The molecule has 0 radical (unpaired) electrons. The van der Waals surface area contributed by atoms with Crippen molar-refractivity contribution in [1.82, 2.24) is 0 Å². The minimum absolute atomic E-state index is 0.0269. The van der Waals surface area contributed by atoms with Crippen LogP contribution in [0, 0.1) is 5.41 Å². The Morgan fingerprint density at radius 3 is 2.56 bits per heavy atom. The van der Waals surface area contributed by atoms with E-state index in [9.17, 15) is 4.79 Å². The molecule has 2 N–H and O–H groups in total. The molecule has 16 heavy (non-hydrogen) atoms. The van der Waals surface area contributed by atoms with Crippen LogP contribution >= 0.6 is 0 Å². The topological polar surface area (TPSA) is 52.3 Å². The highest BCUT2D eigenvalue weighted by molar-refractivity contribution is 6.02. The Bertz CT molecular complexity index is 372. The Morgan fingerprint density at radius 1 is 1.38 bits per heavy atom. The van der Waals surface area contributed by atoms with Gasteiger partial charge >= 0.3 is 0 Å². The Hall–Kier alpha value is -1.35. The van der Waals surface area contributed by atoms with E-state index in [1.165, 1.54) is 0 Å². The van der Waals surface area contributed by atoms with Gasteiger partial charge in [-0.1, -0.05) is 26.0 Å². The second kappa shape index (κ2) is 5.12. The minimum atomic E-state index is -0.548. The van der Waals surface area contributed by atoms with E-state index in [-0.39, 0.29) is 5.78 Å². The summed E-state index contributed by atoms with van der Waals surface area (Å²) in [7, 11) is 0. The summed E-state index contributed by atoms with van der Waals surface area (Å²) >= 11 is 0. The van der Waals surface area contributed by atoms with Crippen molar-refractivity contribution in [2.24, 2.45) is 11.1 Å².